The summed E-state index contributed by atoms with van der Waals surface area (Å²) in [5, 5.41) is 7.99. The average molecular weight is 293 g/mol. The molecule has 1 aromatic rings. The molecule has 2 unspecified atom stereocenters. The number of aromatic nitrogens is 3. The van der Waals surface area contributed by atoms with Crippen molar-refractivity contribution in [2.75, 3.05) is 19.6 Å². The molecule has 1 aromatic heterocycles. The Hall–Kier alpha value is -0.940. The van der Waals surface area contributed by atoms with Crippen molar-refractivity contribution >= 4 is 0 Å². The maximum atomic E-state index is 4.44. The van der Waals surface area contributed by atoms with Crippen LogP contribution in [0.15, 0.2) is 6.33 Å². The summed E-state index contributed by atoms with van der Waals surface area (Å²) in [6, 6.07) is 0.612. The molecule has 1 aliphatic heterocycles. The molecular formula is C16H31N5. The number of nitrogens with one attached hydrogen (secondary N) is 1. The Bertz CT molecular complexity index is 403. The van der Waals surface area contributed by atoms with Gasteiger partial charge in [0.2, 0.25) is 0 Å². The van der Waals surface area contributed by atoms with E-state index in [-0.39, 0.29) is 0 Å². The van der Waals surface area contributed by atoms with Crippen molar-refractivity contribution in [3.05, 3.63) is 12.2 Å². The van der Waals surface area contributed by atoms with Gasteiger partial charge in [0.05, 0.1) is 6.54 Å². The fourth-order valence-electron chi connectivity index (χ4n) is 3.19. The summed E-state index contributed by atoms with van der Waals surface area (Å²) in [5.74, 6) is 1.87. The Morgan fingerprint density at radius 2 is 2.24 bits per heavy atom. The van der Waals surface area contributed by atoms with Crippen molar-refractivity contribution < 1.29 is 0 Å². The van der Waals surface area contributed by atoms with E-state index in [4.69, 9.17) is 0 Å². The Balaban J connectivity index is 1.87. The Labute approximate surface area is 129 Å². The van der Waals surface area contributed by atoms with Crippen LogP contribution < -0.4 is 5.32 Å². The summed E-state index contributed by atoms with van der Waals surface area (Å²) in [7, 11) is 0. The zero-order valence-electron chi connectivity index (χ0n) is 13.9. The van der Waals surface area contributed by atoms with Gasteiger partial charge < -0.3 is 5.32 Å². The highest BCUT2D eigenvalue weighted by molar-refractivity contribution is 4.88. The van der Waals surface area contributed by atoms with Gasteiger partial charge in [0.15, 0.2) is 0 Å². The lowest BCUT2D eigenvalue weighted by Crippen LogP contribution is -2.44. The summed E-state index contributed by atoms with van der Waals surface area (Å²) < 4.78 is 2.06. The van der Waals surface area contributed by atoms with Crippen LogP contribution in [0.4, 0.5) is 0 Å². The summed E-state index contributed by atoms with van der Waals surface area (Å²) in [6.07, 6.45) is 6.65. The van der Waals surface area contributed by atoms with Gasteiger partial charge in [-0.3, -0.25) is 4.90 Å². The minimum atomic E-state index is 0.612. The summed E-state index contributed by atoms with van der Waals surface area (Å²) in [6.45, 7) is 12.2. The molecule has 120 valence electrons. The number of hydrogen-bond donors (Lipinski definition) is 1. The van der Waals surface area contributed by atoms with E-state index in [0.29, 0.717) is 6.04 Å². The number of nitrogens with zero attached hydrogens (tertiary/aromatic N) is 4. The van der Waals surface area contributed by atoms with Crippen LogP contribution in [-0.4, -0.2) is 45.3 Å². The predicted octanol–water partition coefficient (Wildman–Crippen LogP) is 2.29. The van der Waals surface area contributed by atoms with Gasteiger partial charge in [0, 0.05) is 19.1 Å². The largest absolute Gasteiger partial charge is 0.314 e. The van der Waals surface area contributed by atoms with Gasteiger partial charge >= 0.3 is 0 Å². The highest BCUT2D eigenvalue weighted by Crippen LogP contribution is 2.21. The highest BCUT2D eigenvalue weighted by atomic mass is 15.3. The van der Waals surface area contributed by atoms with Crippen LogP contribution in [0.3, 0.4) is 0 Å². The zero-order chi connectivity index (χ0) is 15.1. The van der Waals surface area contributed by atoms with Crippen molar-refractivity contribution in [3.63, 3.8) is 0 Å². The Kier molecular flexibility index (Phi) is 6.64. The maximum absolute atomic E-state index is 4.44. The second-order valence-electron chi connectivity index (χ2n) is 6.28. The third-order valence-corrected chi connectivity index (χ3v) is 4.46. The number of aryl methyl sites for hydroxylation is 1. The summed E-state index contributed by atoms with van der Waals surface area (Å²) in [4.78, 5) is 6.99. The maximum Gasteiger partial charge on any atom is 0.141 e. The smallest absolute Gasteiger partial charge is 0.141 e. The second kappa shape index (κ2) is 8.49. The van der Waals surface area contributed by atoms with Gasteiger partial charge in [-0.05, 0) is 51.6 Å². The Morgan fingerprint density at radius 3 is 3.00 bits per heavy atom. The van der Waals surface area contributed by atoms with Gasteiger partial charge in [0.1, 0.15) is 12.2 Å². The lowest BCUT2D eigenvalue weighted by Gasteiger charge is -2.35. The molecule has 0 aliphatic carbocycles. The number of likely N-dealkylation sites (tertiary alicyclic amines) is 1. The molecule has 2 rings (SSSR count). The topological polar surface area (TPSA) is 46.0 Å². The molecule has 1 fully saturated rings. The van der Waals surface area contributed by atoms with E-state index in [1.54, 1.807) is 6.33 Å². The van der Waals surface area contributed by atoms with Crippen molar-refractivity contribution in [2.24, 2.45) is 5.92 Å². The molecule has 0 radical (unpaired) electrons. The van der Waals surface area contributed by atoms with E-state index in [9.17, 15) is 0 Å². The van der Waals surface area contributed by atoms with Crippen LogP contribution in [0, 0.1) is 5.92 Å². The van der Waals surface area contributed by atoms with E-state index >= 15 is 0 Å². The molecule has 1 N–H and O–H groups in total. The molecule has 1 saturated heterocycles. The van der Waals surface area contributed by atoms with Gasteiger partial charge in [-0.15, -0.1) is 0 Å². The molecule has 0 spiro atoms. The highest BCUT2D eigenvalue weighted by Gasteiger charge is 2.25. The monoisotopic (exact) mass is 293 g/mol. The molecule has 21 heavy (non-hydrogen) atoms. The molecule has 2 heterocycles. The third-order valence-electron chi connectivity index (χ3n) is 4.46. The molecule has 0 saturated carbocycles. The predicted molar refractivity (Wildman–Crippen MR) is 86.1 cm³/mol. The molecule has 5 nitrogen and oxygen atoms in total. The molecule has 5 heteroatoms. The molecule has 2 atom stereocenters. The minimum absolute atomic E-state index is 0.612. The Morgan fingerprint density at radius 1 is 1.38 bits per heavy atom. The fraction of sp³-hybridized carbons (Fsp3) is 0.875. The molecule has 0 amide bonds. The van der Waals surface area contributed by atoms with Crippen LogP contribution >= 0.6 is 0 Å². The van der Waals surface area contributed by atoms with Crippen LogP contribution in [-0.2, 0) is 13.1 Å². The van der Waals surface area contributed by atoms with Crippen LogP contribution in [0.2, 0.25) is 0 Å². The molecular weight excluding hydrogens is 262 g/mol. The van der Waals surface area contributed by atoms with Gasteiger partial charge in [-0.1, -0.05) is 13.8 Å². The average Bonchev–Trinajstić information content (AvgIpc) is 2.92. The summed E-state index contributed by atoms with van der Waals surface area (Å²) in [5.41, 5.74) is 0. The van der Waals surface area contributed by atoms with Crippen molar-refractivity contribution in [3.8, 4) is 0 Å². The van der Waals surface area contributed by atoms with E-state index < -0.39 is 0 Å². The first-order chi connectivity index (χ1) is 10.2. The quantitative estimate of drug-likeness (QED) is 0.799. The standard InChI is InChI=1S/C16H31N5/c1-4-8-17-14(3)15-7-6-10-20(11-15)12-16-18-13-19-21(16)9-5-2/h13-15,17H,4-12H2,1-3H3. The zero-order valence-corrected chi connectivity index (χ0v) is 13.9. The van der Waals surface area contributed by atoms with Crippen molar-refractivity contribution in [1.29, 1.82) is 0 Å². The van der Waals surface area contributed by atoms with E-state index in [0.717, 1.165) is 37.8 Å². The van der Waals surface area contributed by atoms with Gasteiger partial charge in [0.25, 0.3) is 0 Å². The van der Waals surface area contributed by atoms with Crippen molar-refractivity contribution in [1.82, 2.24) is 25.0 Å². The lowest BCUT2D eigenvalue weighted by atomic mass is 9.91. The third kappa shape index (κ3) is 4.78. The molecule has 0 bridgehead atoms. The first-order valence-electron chi connectivity index (χ1n) is 8.57. The van der Waals surface area contributed by atoms with Gasteiger partial charge in [-0.2, -0.15) is 5.10 Å². The first-order valence-corrected chi connectivity index (χ1v) is 8.57. The fourth-order valence-corrected chi connectivity index (χ4v) is 3.19. The van der Waals surface area contributed by atoms with Crippen LogP contribution in [0.1, 0.15) is 52.3 Å². The van der Waals surface area contributed by atoms with Crippen molar-refractivity contribution in [2.45, 2.75) is 65.6 Å². The van der Waals surface area contributed by atoms with Gasteiger partial charge in [-0.25, -0.2) is 9.67 Å². The number of hydrogen-bond acceptors (Lipinski definition) is 4. The molecule has 0 aromatic carbocycles. The van der Waals surface area contributed by atoms with Crippen LogP contribution in [0.25, 0.3) is 0 Å². The first kappa shape index (κ1) is 16.4. The normalized spacial score (nSPS) is 21.6. The number of piperidine rings is 1. The molecule has 1 aliphatic rings. The minimum Gasteiger partial charge on any atom is -0.314 e. The summed E-state index contributed by atoms with van der Waals surface area (Å²) >= 11 is 0. The second-order valence-corrected chi connectivity index (χ2v) is 6.28. The number of rotatable bonds is 8. The van der Waals surface area contributed by atoms with E-state index in [2.05, 4.69) is 45.8 Å². The SMILES string of the molecule is CCCNC(C)C1CCCN(Cc2ncnn2CCC)C1. The van der Waals surface area contributed by atoms with E-state index in [1.807, 2.05) is 0 Å². The van der Waals surface area contributed by atoms with E-state index in [1.165, 1.54) is 32.4 Å². The van der Waals surface area contributed by atoms with Crippen LogP contribution in [0.5, 0.6) is 0 Å². The lowest BCUT2D eigenvalue weighted by molar-refractivity contribution is 0.140.